The quantitative estimate of drug-likeness (QED) is 0.499. The maximum atomic E-state index is 13.0. The van der Waals surface area contributed by atoms with E-state index >= 15 is 0 Å². The second-order valence-corrected chi connectivity index (χ2v) is 9.85. The summed E-state index contributed by atoms with van der Waals surface area (Å²) in [4.78, 5) is 12.7. The minimum atomic E-state index is -4.00. The molecule has 0 bridgehead atoms. The zero-order valence-electron chi connectivity index (χ0n) is 18.1. The standard InChI is InChI=1S/C24H25ClN2O3S/c1-14-6-7-16(3)21(12-14)27-31(29,30)22-13-19(8-9-20(22)25)24(28)26-23-17(4)10-15(2)11-18(23)5/h6-13,27H,1-5H3,(H,26,28). The molecule has 3 rings (SSSR count). The first-order valence-corrected chi connectivity index (χ1v) is 11.6. The molecule has 162 valence electrons. The van der Waals surface area contributed by atoms with Crippen LogP contribution in [-0.4, -0.2) is 14.3 Å². The summed E-state index contributed by atoms with van der Waals surface area (Å²) in [6.45, 7) is 9.52. The third-order valence-electron chi connectivity index (χ3n) is 5.04. The lowest BCUT2D eigenvalue weighted by atomic mass is 10.0. The third kappa shape index (κ3) is 5.09. The Morgan fingerprint density at radius 2 is 1.45 bits per heavy atom. The van der Waals surface area contributed by atoms with E-state index in [1.807, 2.05) is 58.9 Å². The molecule has 0 unspecified atom stereocenters. The summed E-state index contributed by atoms with van der Waals surface area (Å²) in [6, 6.07) is 13.7. The number of hydrogen-bond donors (Lipinski definition) is 2. The fourth-order valence-corrected chi connectivity index (χ4v) is 5.11. The molecule has 0 aromatic heterocycles. The summed E-state index contributed by atoms with van der Waals surface area (Å²) in [5.74, 6) is -0.407. The van der Waals surface area contributed by atoms with Crippen molar-refractivity contribution in [2.24, 2.45) is 0 Å². The van der Waals surface area contributed by atoms with E-state index < -0.39 is 15.9 Å². The van der Waals surface area contributed by atoms with Crippen molar-refractivity contribution >= 4 is 38.9 Å². The molecule has 0 fully saturated rings. The van der Waals surface area contributed by atoms with Gasteiger partial charge in [-0.2, -0.15) is 0 Å². The lowest BCUT2D eigenvalue weighted by Gasteiger charge is -2.15. The topological polar surface area (TPSA) is 75.3 Å². The van der Waals surface area contributed by atoms with E-state index in [1.165, 1.54) is 18.2 Å². The monoisotopic (exact) mass is 456 g/mol. The van der Waals surface area contributed by atoms with Gasteiger partial charge in [-0.3, -0.25) is 9.52 Å². The van der Waals surface area contributed by atoms with Gasteiger partial charge in [0, 0.05) is 11.3 Å². The Kier molecular flexibility index (Phi) is 6.43. The largest absolute Gasteiger partial charge is 0.322 e. The SMILES string of the molecule is Cc1cc(C)c(NC(=O)c2ccc(Cl)c(S(=O)(=O)Nc3cc(C)ccc3C)c2)c(C)c1. The second kappa shape index (κ2) is 8.73. The van der Waals surface area contributed by atoms with Crippen molar-refractivity contribution in [3.8, 4) is 0 Å². The fourth-order valence-electron chi connectivity index (χ4n) is 3.46. The molecule has 0 aliphatic carbocycles. The number of hydrogen-bond acceptors (Lipinski definition) is 3. The zero-order valence-corrected chi connectivity index (χ0v) is 19.7. The lowest BCUT2D eigenvalue weighted by Crippen LogP contribution is -2.17. The number of anilines is 2. The van der Waals surface area contributed by atoms with E-state index in [9.17, 15) is 13.2 Å². The van der Waals surface area contributed by atoms with Crippen molar-refractivity contribution < 1.29 is 13.2 Å². The highest BCUT2D eigenvalue weighted by atomic mass is 35.5. The van der Waals surface area contributed by atoms with Crippen LogP contribution < -0.4 is 10.0 Å². The van der Waals surface area contributed by atoms with Crippen LogP contribution >= 0.6 is 11.6 Å². The molecule has 7 heteroatoms. The smallest absolute Gasteiger partial charge is 0.263 e. The predicted octanol–water partition coefficient (Wildman–Crippen LogP) is 5.94. The van der Waals surface area contributed by atoms with Crippen molar-refractivity contribution in [3.63, 3.8) is 0 Å². The van der Waals surface area contributed by atoms with Gasteiger partial charge in [-0.15, -0.1) is 0 Å². The predicted molar refractivity (Wildman–Crippen MR) is 127 cm³/mol. The van der Waals surface area contributed by atoms with Crippen LogP contribution in [0.3, 0.4) is 0 Å². The summed E-state index contributed by atoms with van der Waals surface area (Å²) >= 11 is 6.20. The van der Waals surface area contributed by atoms with Crippen LogP contribution in [0.5, 0.6) is 0 Å². The summed E-state index contributed by atoms with van der Waals surface area (Å²) in [5.41, 5.74) is 6.06. The fraction of sp³-hybridized carbons (Fsp3) is 0.208. The number of amides is 1. The highest BCUT2D eigenvalue weighted by Gasteiger charge is 2.21. The van der Waals surface area contributed by atoms with Crippen LogP contribution in [0.25, 0.3) is 0 Å². The summed E-state index contributed by atoms with van der Waals surface area (Å²) in [6.07, 6.45) is 0. The van der Waals surface area contributed by atoms with E-state index in [4.69, 9.17) is 11.6 Å². The number of carbonyl (C=O) groups excluding carboxylic acids is 1. The second-order valence-electron chi connectivity index (χ2n) is 7.80. The van der Waals surface area contributed by atoms with Crippen molar-refractivity contribution in [1.82, 2.24) is 0 Å². The first-order valence-electron chi connectivity index (χ1n) is 9.77. The molecule has 0 aliphatic rings. The average molecular weight is 457 g/mol. The molecule has 2 N–H and O–H groups in total. The Labute approximate surface area is 188 Å². The van der Waals surface area contributed by atoms with Crippen molar-refractivity contribution in [1.29, 1.82) is 0 Å². The Morgan fingerprint density at radius 3 is 2.10 bits per heavy atom. The highest BCUT2D eigenvalue weighted by molar-refractivity contribution is 7.92. The van der Waals surface area contributed by atoms with E-state index in [1.54, 1.807) is 6.07 Å². The Morgan fingerprint density at radius 1 is 0.806 bits per heavy atom. The molecule has 0 radical (unpaired) electrons. The highest BCUT2D eigenvalue weighted by Crippen LogP contribution is 2.28. The molecular weight excluding hydrogens is 432 g/mol. The van der Waals surface area contributed by atoms with Gasteiger partial charge in [0.05, 0.1) is 10.7 Å². The number of nitrogens with one attached hydrogen (secondary N) is 2. The molecule has 3 aromatic rings. The number of aryl methyl sites for hydroxylation is 5. The summed E-state index contributed by atoms with van der Waals surface area (Å²) in [5, 5.41) is 2.93. The number of benzene rings is 3. The van der Waals surface area contributed by atoms with Crippen LogP contribution in [0.2, 0.25) is 5.02 Å². The Hall–Kier alpha value is -2.83. The molecule has 5 nitrogen and oxygen atoms in total. The van der Waals surface area contributed by atoms with Crippen LogP contribution in [-0.2, 0) is 10.0 Å². The van der Waals surface area contributed by atoms with Gasteiger partial charge in [-0.1, -0.05) is 41.4 Å². The first kappa shape index (κ1) is 22.8. The molecule has 1 amide bonds. The zero-order chi connectivity index (χ0) is 22.9. The van der Waals surface area contributed by atoms with Crippen molar-refractivity contribution in [3.05, 3.63) is 86.9 Å². The first-order chi connectivity index (χ1) is 14.5. The molecule has 31 heavy (non-hydrogen) atoms. The number of sulfonamides is 1. The normalized spacial score (nSPS) is 11.3. The van der Waals surface area contributed by atoms with Gasteiger partial charge in [0.2, 0.25) is 0 Å². The molecular formula is C24H25ClN2O3S. The van der Waals surface area contributed by atoms with Gasteiger partial charge in [0.1, 0.15) is 4.90 Å². The van der Waals surface area contributed by atoms with Gasteiger partial charge in [-0.25, -0.2) is 8.42 Å². The number of rotatable bonds is 5. The van der Waals surface area contributed by atoms with Crippen molar-refractivity contribution in [2.45, 2.75) is 39.5 Å². The molecule has 3 aromatic carbocycles. The molecule has 0 spiro atoms. The number of carbonyl (C=O) groups is 1. The molecule has 0 saturated carbocycles. The Balaban J connectivity index is 1.94. The summed E-state index contributed by atoms with van der Waals surface area (Å²) in [7, 11) is -4.00. The lowest BCUT2D eigenvalue weighted by molar-refractivity contribution is 0.102. The van der Waals surface area contributed by atoms with Gasteiger partial charge < -0.3 is 5.32 Å². The van der Waals surface area contributed by atoms with Crippen LogP contribution in [0.4, 0.5) is 11.4 Å². The minimum Gasteiger partial charge on any atom is -0.322 e. The van der Waals surface area contributed by atoms with Crippen LogP contribution in [0.15, 0.2) is 53.4 Å². The van der Waals surface area contributed by atoms with E-state index in [0.717, 1.165) is 27.8 Å². The van der Waals surface area contributed by atoms with Crippen molar-refractivity contribution in [2.75, 3.05) is 10.0 Å². The average Bonchev–Trinajstić information content (AvgIpc) is 2.67. The molecule has 0 atom stereocenters. The number of halogens is 1. The molecule has 0 heterocycles. The molecule has 0 saturated heterocycles. The minimum absolute atomic E-state index is 0.0389. The van der Waals surface area contributed by atoms with E-state index in [2.05, 4.69) is 10.0 Å². The maximum absolute atomic E-state index is 13.0. The third-order valence-corrected chi connectivity index (χ3v) is 6.88. The van der Waals surface area contributed by atoms with Crippen LogP contribution in [0, 0.1) is 34.6 Å². The van der Waals surface area contributed by atoms with E-state index in [-0.39, 0.29) is 15.5 Å². The summed E-state index contributed by atoms with van der Waals surface area (Å²) < 4.78 is 28.7. The van der Waals surface area contributed by atoms with Gasteiger partial charge in [0.25, 0.3) is 15.9 Å². The van der Waals surface area contributed by atoms with Gasteiger partial charge in [-0.05, 0) is 81.1 Å². The maximum Gasteiger partial charge on any atom is 0.263 e. The Bertz CT molecular complexity index is 1260. The van der Waals surface area contributed by atoms with E-state index in [0.29, 0.717) is 11.4 Å². The van der Waals surface area contributed by atoms with Crippen LogP contribution in [0.1, 0.15) is 38.2 Å². The molecule has 0 aliphatic heterocycles. The van der Waals surface area contributed by atoms with Gasteiger partial charge in [0.15, 0.2) is 0 Å². The van der Waals surface area contributed by atoms with Gasteiger partial charge >= 0.3 is 0 Å².